The highest BCUT2D eigenvalue weighted by molar-refractivity contribution is 6.15. The molecule has 2 nitrogen and oxygen atoms in total. The van der Waals surface area contributed by atoms with Gasteiger partial charge in [0.15, 0.2) is 0 Å². The minimum absolute atomic E-state index is 0.870. The topological polar surface area (TPSA) is 16.4 Å². The van der Waals surface area contributed by atoms with Crippen molar-refractivity contribution < 1.29 is 4.42 Å². The first-order valence-corrected chi connectivity index (χ1v) is 17.8. The molecule has 0 unspecified atom stereocenters. The maximum absolute atomic E-state index is 6.65. The molecular formula is C50H33NO. The van der Waals surface area contributed by atoms with Crippen LogP contribution in [-0.4, -0.2) is 0 Å². The molecule has 9 aromatic carbocycles. The van der Waals surface area contributed by atoms with Gasteiger partial charge in [-0.25, -0.2) is 0 Å². The monoisotopic (exact) mass is 663 g/mol. The van der Waals surface area contributed by atoms with Crippen LogP contribution < -0.4 is 4.90 Å². The first-order chi connectivity index (χ1) is 25.8. The summed E-state index contributed by atoms with van der Waals surface area (Å²) >= 11 is 0. The lowest BCUT2D eigenvalue weighted by atomic mass is 9.94. The van der Waals surface area contributed by atoms with Crippen LogP contribution in [0.25, 0.3) is 76.9 Å². The number of hydrogen-bond acceptors (Lipinski definition) is 2. The smallest absolute Gasteiger partial charge is 0.143 e. The Bertz CT molecular complexity index is 2880. The van der Waals surface area contributed by atoms with Crippen molar-refractivity contribution >= 4 is 60.5 Å². The molecule has 2 heteroatoms. The summed E-state index contributed by atoms with van der Waals surface area (Å²) in [5.41, 5.74) is 12.2. The average molecular weight is 664 g/mol. The van der Waals surface area contributed by atoms with E-state index in [4.69, 9.17) is 4.42 Å². The zero-order valence-corrected chi connectivity index (χ0v) is 28.4. The van der Waals surface area contributed by atoms with Gasteiger partial charge in [-0.15, -0.1) is 0 Å². The summed E-state index contributed by atoms with van der Waals surface area (Å²) in [6.07, 6.45) is 0. The van der Waals surface area contributed by atoms with E-state index in [0.717, 1.165) is 44.4 Å². The van der Waals surface area contributed by atoms with Crippen LogP contribution in [-0.2, 0) is 0 Å². The van der Waals surface area contributed by atoms with Gasteiger partial charge in [0.2, 0.25) is 0 Å². The lowest BCUT2D eigenvalue weighted by Gasteiger charge is -2.26. The number of furan rings is 1. The highest BCUT2D eigenvalue weighted by Gasteiger charge is 2.18. The average Bonchev–Trinajstić information content (AvgIpc) is 3.60. The van der Waals surface area contributed by atoms with E-state index >= 15 is 0 Å². The first-order valence-electron chi connectivity index (χ1n) is 17.8. The van der Waals surface area contributed by atoms with Crippen LogP contribution in [0.1, 0.15) is 0 Å². The van der Waals surface area contributed by atoms with Crippen LogP contribution in [0.2, 0.25) is 0 Å². The Morgan fingerprint density at radius 1 is 0.308 bits per heavy atom. The first kappa shape index (κ1) is 30.0. The van der Waals surface area contributed by atoms with Crippen LogP contribution in [0.3, 0.4) is 0 Å². The zero-order chi connectivity index (χ0) is 34.4. The molecule has 0 saturated heterocycles. The van der Waals surface area contributed by atoms with Crippen molar-refractivity contribution in [3.8, 4) is 33.4 Å². The maximum Gasteiger partial charge on any atom is 0.143 e. The van der Waals surface area contributed by atoms with Crippen molar-refractivity contribution in [3.05, 3.63) is 200 Å². The highest BCUT2D eigenvalue weighted by Crippen LogP contribution is 2.42. The molecule has 0 saturated carbocycles. The molecular weight excluding hydrogens is 631 g/mol. The van der Waals surface area contributed by atoms with Crippen LogP contribution >= 0.6 is 0 Å². The molecule has 10 aromatic rings. The lowest BCUT2D eigenvalue weighted by Crippen LogP contribution is -2.09. The Morgan fingerprint density at radius 2 is 0.808 bits per heavy atom. The third-order valence-electron chi connectivity index (χ3n) is 10.3. The Labute approximate surface area is 302 Å². The van der Waals surface area contributed by atoms with Gasteiger partial charge in [-0.3, -0.25) is 0 Å². The van der Waals surface area contributed by atoms with Gasteiger partial charge in [0.25, 0.3) is 0 Å². The fraction of sp³-hybridized carbons (Fsp3) is 0. The van der Waals surface area contributed by atoms with Crippen molar-refractivity contribution in [3.63, 3.8) is 0 Å². The van der Waals surface area contributed by atoms with E-state index < -0.39 is 0 Å². The Balaban J connectivity index is 1.10. The standard InChI is InChI=1S/C50H33NO/c1-2-11-34(12-3-1)42-17-8-9-18-44(42)37-21-26-39(27-22-37)51(40-28-23-38(24-29-40)45-20-10-15-35-13-4-6-16-43(35)45)41-30-32-47-48-31-25-36-14-5-7-19-46(36)50(48)52-49(47)33-41/h1-33H. The summed E-state index contributed by atoms with van der Waals surface area (Å²) in [5.74, 6) is 0. The summed E-state index contributed by atoms with van der Waals surface area (Å²) in [6, 6.07) is 71.6. The van der Waals surface area contributed by atoms with E-state index in [2.05, 4.69) is 205 Å². The van der Waals surface area contributed by atoms with Crippen LogP contribution in [0.5, 0.6) is 0 Å². The maximum atomic E-state index is 6.65. The third-order valence-corrected chi connectivity index (χ3v) is 10.3. The predicted molar refractivity (Wildman–Crippen MR) is 220 cm³/mol. The highest BCUT2D eigenvalue weighted by atomic mass is 16.3. The normalized spacial score (nSPS) is 11.5. The van der Waals surface area contributed by atoms with Gasteiger partial charge in [-0.1, -0.05) is 152 Å². The van der Waals surface area contributed by atoms with E-state index in [9.17, 15) is 0 Å². The Kier molecular flexibility index (Phi) is 7.18. The molecule has 0 spiro atoms. The molecule has 0 aliphatic rings. The second-order valence-corrected chi connectivity index (χ2v) is 13.3. The van der Waals surface area contributed by atoms with Crippen LogP contribution in [0.4, 0.5) is 17.1 Å². The third kappa shape index (κ3) is 5.12. The fourth-order valence-corrected chi connectivity index (χ4v) is 7.74. The molecule has 244 valence electrons. The van der Waals surface area contributed by atoms with Gasteiger partial charge in [0.05, 0.1) is 0 Å². The number of rotatable bonds is 6. The second-order valence-electron chi connectivity index (χ2n) is 13.3. The van der Waals surface area contributed by atoms with Gasteiger partial charge in [0, 0.05) is 39.3 Å². The molecule has 1 heterocycles. The molecule has 0 N–H and O–H groups in total. The summed E-state index contributed by atoms with van der Waals surface area (Å²) in [7, 11) is 0. The zero-order valence-electron chi connectivity index (χ0n) is 28.4. The summed E-state index contributed by atoms with van der Waals surface area (Å²) in [6.45, 7) is 0. The van der Waals surface area contributed by atoms with Gasteiger partial charge < -0.3 is 9.32 Å². The van der Waals surface area contributed by atoms with Gasteiger partial charge in [0.1, 0.15) is 11.2 Å². The van der Waals surface area contributed by atoms with E-state index in [1.165, 1.54) is 49.5 Å². The minimum Gasteiger partial charge on any atom is -0.455 e. The van der Waals surface area contributed by atoms with E-state index in [0.29, 0.717) is 0 Å². The summed E-state index contributed by atoms with van der Waals surface area (Å²) in [4.78, 5) is 2.32. The van der Waals surface area contributed by atoms with E-state index in [-0.39, 0.29) is 0 Å². The largest absolute Gasteiger partial charge is 0.455 e. The second kappa shape index (κ2) is 12.5. The number of fused-ring (bicyclic) bond motifs is 6. The lowest BCUT2D eigenvalue weighted by molar-refractivity contribution is 0.672. The Hall–Kier alpha value is -6.90. The van der Waals surface area contributed by atoms with Gasteiger partial charge in [-0.05, 0) is 92.0 Å². The van der Waals surface area contributed by atoms with Crippen LogP contribution in [0, 0.1) is 0 Å². The quantitative estimate of drug-likeness (QED) is 0.176. The van der Waals surface area contributed by atoms with Gasteiger partial charge in [-0.2, -0.15) is 0 Å². The molecule has 0 bridgehead atoms. The molecule has 0 atom stereocenters. The molecule has 0 fully saturated rings. The number of hydrogen-bond donors (Lipinski definition) is 0. The molecule has 0 amide bonds. The molecule has 52 heavy (non-hydrogen) atoms. The van der Waals surface area contributed by atoms with Crippen molar-refractivity contribution in [2.75, 3.05) is 4.90 Å². The predicted octanol–water partition coefficient (Wildman–Crippen LogP) is 14.4. The minimum atomic E-state index is 0.870. The molecule has 0 aliphatic heterocycles. The number of anilines is 3. The number of benzene rings is 9. The SMILES string of the molecule is c1ccc(-c2ccccc2-c2ccc(N(c3ccc(-c4cccc5ccccc45)cc3)c3ccc4c(c3)oc3c5ccccc5ccc43)cc2)cc1. The fourth-order valence-electron chi connectivity index (χ4n) is 7.74. The van der Waals surface area contributed by atoms with Crippen molar-refractivity contribution in [1.82, 2.24) is 0 Å². The molecule has 10 rings (SSSR count). The summed E-state index contributed by atoms with van der Waals surface area (Å²) < 4.78 is 6.65. The van der Waals surface area contributed by atoms with Crippen LogP contribution in [0.15, 0.2) is 205 Å². The number of nitrogens with zero attached hydrogens (tertiary/aromatic N) is 1. The van der Waals surface area contributed by atoms with Crippen molar-refractivity contribution in [2.45, 2.75) is 0 Å². The molecule has 0 radical (unpaired) electrons. The van der Waals surface area contributed by atoms with E-state index in [1.54, 1.807) is 0 Å². The molecule has 1 aromatic heterocycles. The summed E-state index contributed by atoms with van der Waals surface area (Å²) in [5, 5.41) is 7.05. The van der Waals surface area contributed by atoms with Gasteiger partial charge >= 0.3 is 0 Å². The molecule has 0 aliphatic carbocycles. The Morgan fingerprint density at radius 3 is 1.52 bits per heavy atom. The van der Waals surface area contributed by atoms with Crippen molar-refractivity contribution in [2.24, 2.45) is 0 Å². The van der Waals surface area contributed by atoms with Crippen molar-refractivity contribution in [1.29, 1.82) is 0 Å². The van der Waals surface area contributed by atoms with E-state index in [1.807, 2.05) is 0 Å².